The molecule has 0 aliphatic rings. The fourth-order valence-electron chi connectivity index (χ4n) is 1.37. The van der Waals surface area contributed by atoms with Crippen molar-refractivity contribution in [1.82, 2.24) is 0 Å². The van der Waals surface area contributed by atoms with E-state index in [-0.39, 0.29) is 0 Å². The molecule has 0 bridgehead atoms. The minimum atomic E-state index is -0.471. The van der Waals surface area contributed by atoms with Gasteiger partial charge in [-0.3, -0.25) is 0 Å². The van der Waals surface area contributed by atoms with Crippen molar-refractivity contribution >= 4 is 7.26 Å². The second-order valence-electron chi connectivity index (χ2n) is 5.04. The van der Waals surface area contributed by atoms with E-state index < -0.39 is 7.26 Å². The van der Waals surface area contributed by atoms with Gasteiger partial charge in [-0.15, -0.1) is 0 Å². The van der Waals surface area contributed by atoms with Gasteiger partial charge in [-0.25, -0.2) is 0 Å². The quantitative estimate of drug-likeness (QED) is 0.322. The molecule has 106 valence electrons. The maximum Gasteiger partial charge on any atom is 0.173 e. The lowest BCUT2D eigenvalue weighted by Crippen LogP contribution is -1.92. The molecule has 0 unspecified atom stereocenters. The van der Waals surface area contributed by atoms with Crippen LogP contribution in [0.4, 0.5) is 0 Å². The maximum absolute atomic E-state index is 7.10. The lowest BCUT2D eigenvalue weighted by atomic mass is 10.1. The Hall–Kier alpha value is -0.990. The fourth-order valence-corrected chi connectivity index (χ4v) is 2.54. The molecular weight excluding hydrogens is 243 g/mol. The Bertz CT molecular complexity index is 211. The largest absolute Gasteiger partial charge is 0.337 e. The summed E-state index contributed by atoms with van der Waals surface area (Å²) in [5, 5.41) is 14.2. The summed E-state index contributed by atoms with van der Waals surface area (Å²) >= 11 is 0. The molecule has 18 heavy (non-hydrogen) atoms. The molecule has 5 heteroatoms. The molecule has 0 aromatic carbocycles. The van der Waals surface area contributed by atoms with Crippen LogP contribution in [0.5, 0.6) is 0 Å². The highest BCUT2D eigenvalue weighted by molar-refractivity contribution is 7.73. The van der Waals surface area contributed by atoms with Crippen LogP contribution in [0.15, 0.2) is 0 Å². The lowest BCUT2D eigenvalue weighted by molar-refractivity contribution is 0.626. The minimum absolute atomic E-state index is 0.471. The van der Waals surface area contributed by atoms with Crippen LogP contribution in [0.1, 0.15) is 45.4 Å². The third-order valence-electron chi connectivity index (χ3n) is 2.18. The van der Waals surface area contributed by atoms with E-state index in [9.17, 15) is 0 Å². The Morgan fingerprint density at radius 1 is 0.833 bits per heavy atom. The molecule has 0 fully saturated rings. The summed E-state index contributed by atoms with van der Waals surface area (Å²) in [7, 11) is -0.471. The smallest absolute Gasteiger partial charge is 0.173 e. The Labute approximate surface area is 114 Å². The van der Waals surface area contributed by atoms with Gasteiger partial charge in [-0.05, 0) is 12.8 Å². The highest BCUT2D eigenvalue weighted by Gasteiger charge is 2.15. The van der Waals surface area contributed by atoms with E-state index in [2.05, 4.69) is 38.4 Å². The Morgan fingerprint density at radius 2 is 1.17 bits per heavy atom. The first-order valence-electron chi connectivity index (χ1n) is 6.39. The van der Waals surface area contributed by atoms with Gasteiger partial charge in [-0.1, -0.05) is 32.6 Å². The molecule has 0 heterocycles. The van der Waals surface area contributed by atoms with Gasteiger partial charge in [0.2, 0.25) is 0 Å². The topological polar surface area (TPSA) is 99.6 Å². The first kappa shape index (κ1) is 22.2. The lowest BCUT2D eigenvalue weighted by Gasteiger charge is -2.10. The number of hydrogen-bond acceptors (Lipinski definition) is 4. The summed E-state index contributed by atoms with van der Waals surface area (Å²) in [6.07, 6.45) is 12.7. The van der Waals surface area contributed by atoms with Gasteiger partial charge in [-0.2, -0.15) is 10.5 Å². The first-order chi connectivity index (χ1) is 8.39. The zero-order chi connectivity index (χ0) is 14.9. The molecule has 0 saturated carbocycles. The van der Waals surface area contributed by atoms with E-state index in [1.807, 2.05) is 0 Å². The van der Waals surface area contributed by atoms with E-state index in [1.54, 1.807) is 0 Å². The monoisotopic (exact) mass is 273 g/mol. The summed E-state index contributed by atoms with van der Waals surface area (Å²) in [6.45, 7) is 9.61. The molecule has 0 saturated heterocycles. The van der Waals surface area contributed by atoms with Crippen molar-refractivity contribution in [1.29, 1.82) is 10.5 Å². The third-order valence-corrected chi connectivity index (χ3v) is 3.84. The summed E-state index contributed by atoms with van der Waals surface area (Å²) in [6, 6.07) is 0. The molecule has 0 aliphatic carbocycles. The van der Waals surface area contributed by atoms with Gasteiger partial charge in [0.15, 0.2) is 12.4 Å². The Kier molecular flexibility index (Phi) is 22.7. The van der Waals surface area contributed by atoms with Crippen molar-refractivity contribution < 1.29 is 0 Å². The highest BCUT2D eigenvalue weighted by atomic mass is 31.2. The number of nitrogens with zero attached hydrogens (tertiary/aromatic N) is 2. The molecule has 0 rings (SSSR count). The molecule has 0 amide bonds. The van der Waals surface area contributed by atoms with Crippen molar-refractivity contribution in [2.24, 2.45) is 11.5 Å². The molecule has 4 N–H and O–H groups in total. The van der Waals surface area contributed by atoms with Crippen LogP contribution in [0.2, 0.25) is 0 Å². The first-order valence-corrected chi connectivity index (χ1v) is 9.71. The highest BCUT2D eigenvalue weighted by Crippen LogP contribution is 2.47. The number of hydrogen-bond donors (Lipinski definition) is 2. The van der Waals surface area contributed by atoms with Crippen LogP contribution < -0.4 is 11.5 Å². The predicted octanol–water partition coefficient (Wildman–Crippen LogP) is 3.11. The number of unbranched alkanes of at least 4 members (excludes halogenated alkanes) is 5. The fraction of sp³-hybridized carbons (Fsp3) is 0.846. The number of nitrogens with two attached hydrogens (primary N) is 2. The van der Waals surface area contributed by atoms with Crippen molar-refractivity contribution in [3.05, 3.63) is 0 Å². The summed E-state index contributed by atoms with van der Waals surface area (Å²) in [5.41, 5.74) is 8.31. The van der Waals surface area contributed by atoms with Crippen LogP contribution in [0, 0.1) is 22.9 Å². The maximum atomic E-state index is 7.10. The van der Waals surface area contributed by atoms with Crippen molar-refractivity contribution in [2.45, 2.75) is 45.4 Å². The van der Waals surface area contributed by atoms with Crippen LogP contribution in [0.25, 0.3) is 0 Å². The van der Waals surface area contributed by atoms with Crippen LogP contribution in [-0.4, -0.2) is 26.2 Å². The van der Waals surface area contributed by atoms with Gasteiger partial charge in [0.05, 0.1) is 6.16 Å². The standard InChI is InChI=1S/C11H26P.2CH2N2/c1-5-6-7-8-9-10-11-12(2,3)4;2*2-1-3/h5-11H2,1-4H3;2*2H2/q+1;;. The zero-order valence-corrected chi connectivity index (χ0v) is 13.3. The molecule has 0 aliphatic heterocycles. The summed E-state index contributed by atoms with van der Waals surface area (Å²) < 4.78 is 0. The molecule has 0 atom stereocenters. The van der Waals surface area contributed by atoms with Gasteiger partial charge in [0, 0.05) is 27.3 Å². The van der Waals surface area contributed by atoms with Crippen LogP contribution in [0.3, 0.4) is 0 Å². The van der Waals surface area contributed by atoms with Gasteiger partial charge in [0.25, 0.3) is 0 Å². The van der Waals surface area contributed by atoms with E-state index in [4.69, 9.17) is 10.5 Å². The summed E-state index contributed by atoms with van der Waals surface area (Å²) in [4.78, 5) is 0. The second kappa shape index (κ2) is 18.4. The van der Waals surface area contributed by atoms with E-state index in [0.29, 0.717) is 0 Å². The average molecular weight is 273 g/mol. The predicted molar refractivity (Wildman–Crippen MR) is 82.5 cm³/mol. The van der Waals surface area contributed by atoms with Crippen LogP contribution in [-0.2, 0) is 0 Å². The molecule has 0 aromatic rings. The van der Waals surface area contributed by atoms with Crippen molar-refractivity contribution in [2.75, 3.05) is 26.2 Å². The zero-order valence-electron chi connectivity index (χ0n) is 12.4. The van der Waals surface area contributed by atoms with E-state index >= 15 is 0 Å². The normalized spacial score (nSPS) is 8.78. The Morgan fingerprint density at radius 3 is 1.50 bits per heavy atom. The number of nitriles is 2. The summed E-state index contributed by atoms with van der Waals surface area (Å²) in [5.74, 6) is 0. The SMILES string of the molecule is CCCCCCCC[P+](C)(C)C.N#CN.N#CN. The van der Waals surface area contributed by atoms with Gasteiger partial charge in [0.1, 0.15) is 0 Å². The molecule has 4 nitrogen and oxygen atoms in total. The number of rotatable bonds is 7. The van der Waals surface area contributed by atoms with Crippen molar-refractivity contribution in [3.8, 4) is 12.4 Å². The van der Waals surface area contributed by atoms with Gasteiger partial charge < -0.3 is 11.5 Å². The second-order valence-corrected chi connectivity index (χ2v) is 10.1. The van der Waals surface area contributed by atoms with E-state index in [0.717, 1.165) is 0 Å². The molecule has 0 aromatic heterocycles. The minimum Gasteiger partial charge on any atom is -0.337 e. The molecule has 0 spiro atoms. The molecular formula is C13H30N4P+. The van der Waals surface area contributed by atoms with Crippen molar-refractivity contribution in [3.63, 3.8) is 0 Å². The third kappa shape index (κ3) is 45.9. The van der Waals surface area contributed by atoms with E-state index in [1.165, 1.54) is 57.1 Å². The van der Waals surface area contributed by atoms with Crippen LogP contribution >= 0.6 is 7.26 Å². The average Bonchev–Trinajstić information content (AvgIpc) is 2.24. The van der Waals surface area contributed by atoms with Gasteiger partial charge >= 0.3 is 0 Å². The Balaban J connectivity index is -0.000000315. The molecule has 0 radical (unpaired) electrons.